The van der Waals surface area contributed by atoms with Gasteiger partial charge in [0.25, 0.3) is 11.6 Å². The predicted octanol–water partition coefficient (Wildman–Crippen LogP) is 1.45. The van der Waals surface area contributed by atoms with E-state index in [0.717, 1.165) is 12.8 Å². The maximum atomic E-state index is 12.5. The summed E-state index contributed by atoms with van der Waals surface area (Å²) in [6.45, 7) is 1.17. The Morgan fingerprint density at radius 1 is 1.57 bits per heavy atom. The number of rotatable bonds is 4. The number of aliphatic hydroxyl groups is 1. The van der Waals surface area contributed by atoms with Crippen LogP contribution in [-0.2, 0) is 0 Å². The number of hydrogen-bond acceptors (Lipinski definition) is 5. The van der Waals surface area contributed by atoms with Gasteiger partial charge in [-0.15, -0.1) is 0 Å². The molecule has 0 spiro atoms. The molecule has 7 nitrogen and oxygen atoms in total. The van der Waals surface area contributed by atoms with Crippen molar-refractivity contribution in [1.29, 1.82) is 0 Å². The predicted molar refractivity (Wildman–Crippen MR) is 75.4 cm³/mol. The van der Waals surface area contributed by atoms with Gasteiger partial charge in [0.05, 0.1) is 23.7 Å². The molecule has 0 aromatic heterocycles. The van der Waals surface area contributed by atoms with Gasteiger partial charge in [-0.3, -0.25) is 14.9 Å². The number of piperidine rings is 1. The minimum Gasteiger partial charge on any atom is -0.496 e. The summed E-state index contributed by atoms with van der Waals surface area (Å²) < 4.78 is 5.10. The second-order valence-corrected chi connectivity index (χ2v) is 5.08. The van der Waals surface area contributed by atoms with E-state index in [1.54, 1.807) is 4.90 Å². The number of aliphatic hydroxyl groups excluding tert-OH is 1. The van der Waals surface area contributed by atoms with Crippen LogP contribution in [0.4, 0.5) is 5.69 Å². The first-order valence-electron chi connectivity index (χ1n) is 6.79. The number of likely N-dealkylation sites (tertiary alicyclic amines) is 1. The first kappa shape index (κ1) is 15.2. The fourth-order valence-corrected chi connectivity index (χ4v) is 2.54. The molecule has 7 heteroatoms. The number of hydrogen-bond donors (Lipinski definition) is 1. The monoisotopic (exact) mass is 294 g/mol. The van der Waals surface area contributed by atoms with E-state index in [1.807, 2.05) is 0 Å². The van der Waals surface area contributed by atoms with Gasteiger partial charge in [0, 0.05) is 25.8 Å². The zero-order valence-corrected chi connectivity index (χ0v) is 11.8. The summed E-state index contributed by atoms with van der Waals surface area (Å²) in [7, 11) is 1.38. The van der Waals surface area contributed by atoms with Gasteiger partial charge in [0.1, 0.15) is 5.75 Å². The van der Waals surface area contributed by atoms with Crippen LogP contribution in [0.2, 0.25) is 0 Å². The Morgan fingerprint density at radius 2 is 2.33 bits per heavy atom. The van der Waals surface area contributed by atoms with E-state index in [2.05, 4.69) is 0 Å². The van der Waals surface area contributed by atoms with Gasteiger partial charge in [-0.2, -0.15) is 0 Å². The van der Waals surface area contributed by atoms with Gasteiger partial charge in [0.15, 0.2) is 0 Å². The molecule has 1 aliphatic heterocycles. The average Bonchev–Trinajstić information content (AvgIpc) is 2.53. The minimum absolute atomic E-state index is 0.0567. The van der Waals surface area contributed by atoms with Crippen molar-refractivity contribution in [3.8, 4) is 5.75 Å². The molecule has 1 amide bonds. The normalized spacial score (nSPS) is 18.4. The fraction of sp³-hybridized carbons (Fsp3) is 0.500. The summed E-state index contributed by atoms with van der Waals surface area (Å²) in [6.07, 6.45) is 1.74. The largest absolute Gasteiger partial charge is 0.496 e. The van der Waals surface area contributed by atoms with Crippen LogP contribution in [0.1, 0.15) is 23.2 Å². The van der Waals surface area contributed by atoms with Gasteiger partial charge < -0.3 is 14.7 Å². The van der Waals surface area contributed by atoms with E-state index < -0.39 is 4.92 Å². The standard InChI is InChI=1S/C14H18N2O5/c1-21-13-7-11(16(19)20)4-5-12(13)14(18)15-6-2-3-10(8-15)9-17/h4-5,7,10,17H,2-3,6,8-9H2,1H3. The molecule has 114 valence electrons. The van der Waals surface area contributed by atoms with Crippen LogP contribution in [0.3, 0.4) is 0 Å². The Hall–Kier alpha value is -2.15. The zero-order chi connectivity index (χ0) is 15.4. The topological polar surface area (TPSA) is 92.9 Å². The SMILES string of the molecule is COc1cc([N+](=O)[O-])ccc1C(=O)N1CCCC(CO)C1. The quantitative estimate of drug-likeness (QED) is 0.670. The zero-order valence-electron chi connectivity index (χ0n) is 11.8. The Balaban J connectivity index is 2.24. The summed E-state index contributed by atoms with van der Waals surface area (Å²) in [4.78, 5) is 24.4. The van der Waals surface area contributed by atoms with Gasteiger partial charge in [-0.1, -0.05) is 0 Å². The number of nitro groups is 1. The molecule has 1 fully saturated rings. The highest BCUT2D eigenvalue weighted by Gasteiger charge is 2.26. The molecular formula is C14H18N2O5. The number of non-ortho nitro benzene ring substituents is 1. The van der Waals surface area contributed by atoms with Crippen LogP contribution in [0.15, 0.2) is 18.2 Å². The minimum atomic E-state index is -0.528. The number of ether oxygens (including phenoxy) is 1. The van der Waals surface area contributed by atoms with Gasteiger partial charge in [-0.25, -0.2) is 0 Å². The molecule has 1 saturated heterocycles. The average molecular weight is 294 g/mol. The lowest BCUT2D eigenvalue weighted by Gasteiger charge is -2.32. The summed E-state index contributed by atoms with van der Waals surface area (Å²) in [5, 5.41) is 20.0. The van der Waals surface area contributed by atoms with Crippen molar-refractivity contribution in [3.63, 3.8) is 0 Å². The van der Waals surface area contributed by atoms with Crippen molar-refractivity contribution in [2.45, 2.75) is 12.8 Å². The molecular weight excluding hydrogens is 276 g/mol. The molecule has 1 atom stereocenters. The molecule has 0 bridgehead atoms. The number of benzene rings is 1. The molecule has 0 saturated carbocycles. The molecule has 0 radical (unpaired) electrons. The van der Waals surface area contributed by atoms with E-state index in [1.165, 1.54) is 25.3 Å². The highest BCUT2D eigenvalue weighted by molar-refractivity contribution is 5.97. The first-order chi connectivity index (χ1) is 10.1. The number of carbonyl (C=O) groups excluding carboxylic acids is 1. The lowest BCUT2D eigenvalue weighted by Crippen LogP contribution is -2.41. The lowest BCUT2D eigenvalue weighted by molar-refractivity contribution is -0.384. The van der Waals surface area contributed by atoms with Crippen molar-refractivity contribution >= 4 is 11.6 Å². The second-order valence-electron chi connectivity index (χ2n) is 5.08. The number of nitrogens with zero attached hydrogens (tertiary/aromatic N) is 2. The Morgan fingerprint density at radius 3 is 2.95 bits per heavy atom. The van der Waals surface area contributed by atoms with Crippen molar-refractivity contribution in [3.05, 3.63) is 33.9 Å². The third-order valence-corrected chi connectivity index (χ3v) is 3.69. The smallest absolute Gasteiger partial charge is 0.273 e. The van der Waals surface area contributed by atoms with Crippen LogP contribution >= 0.6 is 0 Å². The molecule has 1 aromatic carbocycles. The summed E-state index contributed by atoms with van der Waals surface area (Å²) in [6, 6.07) is 3.96. The fourth-order valence-electron chi connectivity index (χ4n) is 2.54. The number of nitro benzene ring substituents is 1. The number of carbonyl (C=O) groups is 1. The first-order valence-corrected chi connectivity index (χ1v) is 6.79. The van der Waals surface area contributed by atoms with Gasteiger partial charge in [-0.05, 0) is 24.8 Å². The van der Waals surface area contributed by atoms with Crippen molar-refractivity contribution in [1.82, 2.24) is 4.90 Å². The van der Waals surface area contributed by atoms with Crippen LogP contribution in [0.5, 0.6) is 5.75 Å². The summed E-state index contributed by atoms with van der Waals surface area (Å²) in [5.41, 5.74) is 0.192. The van der Waals surface area contributed by atoms with Crippen LogP contribution < -0.4 is 4.74 Å². The molecule has 1 unspecified atom stereocenters. The van der Waals surface area contributed by atoms with Gasteiger partial charge in [0.2, 0.25) is 0 Å². The van der Waals surface area contributed by atoms with E-state index in [-0.39, 0.29) is 29.9 Å². The maximum Gasteiger partial charge on any atom is 0.273 e. The van der Waals surface area contributed by atoms with E-state index in [9.17, 15) is 20.0 Å². The highest BCUT2D eigenvalue weighted by Crippen LogP contribution is 2.27. The molecule has 2 rings (SSSR count). The molecule has 0 aliphatic carbocycles. The van der Waals surface area contributed by atoms with Crippen LogP contribution in [0, 0.1) is 16.0 Å². The summed E-state index contributed by atoms with van der Waals surface area (Å²) >= 11 is 0. The Labute approximate surface area is 122 Å². The molecule has 1 heterocycles. The molecule has 1 N–H and O–H groups in total. The Kier molecular flexibility index (Phi) is 4.74. The van der Waals surface area contributed by atoms with E-state index in [4.69, 9.17) is 4.74 Å². The van der Waals surface area contributed by atoms with E-state index in [0.29, 0.717) is 18.7 Å². The molecule has 1 aliphatic rings. The van der Waals surface area contributed by atoms with Crippen molar-refractivity contribution in [2.24, 2.45) is 5.92 Å². The van der Waals surface area contributed by atoms with Crippen LogP contribution in [0.25, 0.3) is 0 Å². The summed E-state index contributed by atoms with van der Waals surface area (Å²) in [5.74, 6) is 0.0620. The van der Waals surface area contributed by atoms with Gasteiger partial charge >= 0.3 is 0 Å². The third kappa shape index (κ3) is 3.30. The number of amides is 1. The molecule has 1 aromatic rings. The highest BCUT2D eigenvalue weighted by atomic mass is 16.6. The number of methoxy groups -OCH3 is 1. The van der Waals surface area contributed by atoms with E-state index >= 15 is 0 Å². The third-order valence-electron chi connectivity index (χ3n) is 3.69. The Bertz CT molecular complexity index is 546. The van der Waals surface area contributed by atoms with Crippen molar-refractivity contribution in [2.75, 3.05) is 26.8 Å². The lowest BCUT2D eigenvalue weighted by atomic mass is 9.98. The second kappa shape index (κ2) is 6.53. The van der Waals surface area contributed by atoms with Crippen molar-refractivity contribution < 1.29 is 19.6 Å². The maximum absolute atomic E-state index is 12.5. The molecule has 21 heavy (non-hydrogen) atoms. The van der Waals surface area contributed by atoms with Crippen LogP contribution in [-0.4, -0.2) is 47.6 Å².